The topological polar surface area (TPSA) is 33.2 Å². The normalized spacial score (nSPS) is 10.8. The molecule has 0 saturated heterocycles. The monoisotopic (exact) mass is 368 g/mol. The lowest BCUT2D eigenvalue weighted by atomic mass is 9.97. The van der Waals surface area contributed by atoms with Crippen molar-refractivity contribution >= 4 is 29.0 Å². The average molecular weight is 369 g/mol. The Hall–Kier alpha value is -2.11. The Labute approximate surface area is 156 Å². The number of rotatable bonds is 6. The fraction of sp³-hybridized carbons (Fsp3) is 0.200. The summed E-state index contributed by atoms with van der Waals surface area (Å²) in [6, 6.07) is 20.2. The zero-order valence-corrected chi connectivity index (χ0v) is 15.9. The van der Waals surface area contributed by atoms with Gasteiger partial charge in [0.25, 0.3) is 0 Å². The van der Waals surface area contributed by atoms with Crippen LogP contribution in [0.15, 0.2) is 70.4 Å². The molecule has 1 aromatic heterocycles. The van der Waals surface area contributed by atoms with Crippen LogP contribution < -0.4 is 0 Å². The molecular formula is C20H20N2OS2. The molecule has 0 atom stereocenters. The van der Waals surface area contributed by atoms with Gasteiger partial charge in [0.1, 0.15) is 0 Å². The molecule has 0 aliphatic rings. The molecule has 3 aromatic rings. The van der Waals surface area contributed by atoms with Crippen LogP contribution in [0.1, 0.15) is 22.9 Å². The molecule has 0 aliphatic carbocycles. The van der Waals surface area contributed by atoms with E-state index in [-0.39, 0.29) is 11.9 Å². The molecule has 1 amide bonds. The molecule has 0 bridgehead atoms. The molecule has 2 aromatic carbocycles. The number of aromatic nitrogens is 1. The van der Waals surface area contributed by atoms with Crippen molar-refractivity contribution in [3.05, 3.63) is 82.9 Å². The highest BCUT2D eigenvalue weighted by atomic mass is 32.2. The number of carbonyl (C=O) groups is 1. The second kappa shape index (κ2) is 8.32. The lowest BCUT2D eigenvalue weighted by molar-refractivity contribution is -0.128. The Bertz CT molecular complexity index is 778. The minimum atomic E-state index is -0.0893. The number of benzene rings is 2. The fourth-order valence-corrected chi connectivity index (χ4v) is 4.45. The minimum absolute atomic E-state index is 0.0893. The number of hydrogen-bond acceptors (Lipinski definition) is 4. The first-order chi connectivity index (χ1) is 12.1. The number of carbonyl (C=O) groups excluding carboxylic acids is 1. The third-order valence-corrected chi connectivity index (χ3v) is 6.05. The van der Waals surface area contributed by atoms with Crippen molar-refractivity contribution in [1.29, 1.82) is 0 Å². The molecule has 128 valence electrons. The standard InChI is InChI=1S/C20H20N2OS2/c1-15-13-24-20(21-15)25-14-18(23)22(2)19(16-9-5-3-6-10-16)17-11-7-4-8-12-17/h3-13,19H,14H2,1-2H3. The van der Waals surface area contributed by atoms with E-state index < -0.39 is 0 Å². The zero-order valence-electron chi connectivity index (χ0n) is 14.3. The number of aryl methyl sites for hydroxylation is 1. The molecule has 5 heteroatoms. The largest absolute Gasteiger partial charge is 0.334 e. The second-order valence-electron chi connectivity index (χ2n) is 5.77. The van der Waals surface area contributed by atoms with Crippen LogP contribution in [-0.4, -0.2) is 28.6 Å². The summed E-state index contributed by atoms with van der Waals surface area (Å²) >= 11 is 3.09. The van der Waals surface area contributed by atoms with Gasteiger partial charge in [-0.05, 0) is 18.1 Å². The smallest absolute Gasteiger partial charge is 0.233 e. The Balaban J connectivity index is 1.79. The summed E-state index contributed by atoms with van der Waals surface area (Å²) in [5.74, 6) is 0.482. The fourth-order valence-electron chi connectivity index (χ4n) is 2.68. The number of hydrogen-bond donors (Lipinski definition) is 0. The Morgan fingerprint density at radius 3 is 2.12 bits per heavy atom. The van der Waals surface area contributed by atoms with E-state index in [1.54, 1.807) is 11.3 Å². The second-order valence-corrected chi connectivity index (χ2v) is 7.85. The van der Waals surface area contributed by atoms with Gasteiger partial charge in [-0.3, -0.25) is 4.79 Å². The van der Waals surface area contributed by atoms with Crippen LogP contribution in [0, 0.1) is 6.92 Å². The number of thiazole rings is 1. The molecule has 0 aliphatic heterocycles. The van der Waals surface area contributed by atoms with E-state index in [1.807, 2.05) is 60.6 Å². The number of nitrogens with zero attached hydrogens (tertiary/aromatic N) is 2. The van der Waals surface area contributed by atoms with Crippen LogP contribution in [0.25, 0.3) is 0 Å². The van der Waals surface area contributed by atoms with Gasteiger partial charge in [0, 0.05) is 18.1 Å². The predicted molar refractivity (Wildman–Crippen MR) is 105 cm³/mol. The van der Waals surface area contributed by atoms with Crippen LogP contribution >= 0.6 is 23.1 Å². The zero-order chi connectivity index (χ0) is 17.6. The molecule has 0 spiro atoms. The van der Waals surface area contributed by atoms with Gasteiger partial charge in [0.05, 0.1) is 11.8 Å². The Kier molecular flexibility index (Phi) is 5.89. The lowest BCUT2D eigenvalue weighted by Crippen LogP contribution is -2.33. The highest BCUT2D eigenvalue weighted by molar-refractivity contribution is 8.01. The van der Waals surface area contributed by atoms with Crippen molar-refractivity contribution in [2.24, 2.45) is 0 Å². The van der Waals surface area contributed by atoms with Gasteiger partial charge in [-0.2, -0.15) is 0 Å². The summed E-state index contributed by atoms with van der Waals surface area (Å²) < 4.78 is 0.940. The van der Waals surface area contributed by atoms with Gasteiger partial charge >= 0.3 is 0 Å². The Morgan fingerprint density at radius 2 is 1.64 bits per heavy atom. The van der Waals surface area contributed by atoms with E-state index in [0.717, 1.165) is 21.2 Å². The van der Waals surface area contributed by atoms with Crippen molar-refractivity contribution in [1.82, 2.24) is 9.88 Å². The van der Waals surface area contributed by atoms with Crippen molar-refractivity contribution in [2.45, 2.75) is 17.3 Å². The summed E-state index contributed by atoms with van der Waals surface area (Å²) in [6.45, 7) is 1.97. The van der Waals surface area contributed by atoms with Gasteiger partial charge in [0.15, 0.2) is 4.34 Å². The van der Waals surface area contributed by atoms with Gasteiger partial charge in [-0.1, -0.05) is 72.4 Å². The molecule has 1 heterocycles. The highest BCUT2D eigenvalue weighted by Crippen LogP contribution is 2.29. The van der Waals surface area contributed by atoms with E-state index in [0.29, 0.717) is 5.75 Å². The Morgan fingerprint density at radius 1 is 1.08 bits per heavy atom. The highest BCUT2D eigenvalue weighted by Gasteiger charge is 2.23. The quantitative estimate of drug-likeness (QED) is 0.587. The van der Waals surface area contributed by atoms with Crippen LogP contribution in [0.4, 0.5) is 0 Å². The summed E-state index contributed by atoms with van der Waals surface area (Å²) in [7, 11) is 1.88. The van der Waals surface area contributed by atoms with E-state index >= 15 is 0 Å². The maximum Gasteiger partial charge on any atom is 0.233 e. The first kappa shape index (κ1) is 17.7. The van der Waals surface area contributed by atoms with Crippen LogP contribution in [-0.2, 0) is 4.79 Å². The molecule has 25 heavy (non-hydrogen) atoms. The van der Waals surface area contributed by atoms with Crippen LogP contribution in [0.5, 0.6) is 0 Å². The average Bonchev–Trinajstić information content (AvgIpc) is 3.07. The third kappa shape index (κ3) is 4.50. The van der Waals surface area contributed by atoms with Gasteiger partial charge in [0.2, 0.25) is 5.91 Å². The van der Waals surface area contributed by atoms with Crippen molar-refractivity contribution in [3.8, 4) is 0 Å². The van der Waals surface area contributed by atoms with E-state index in [2.05, 4.69) is 29.2 Å². The maximum atomic E-state index is 12.8. The first-order valence-corrected chi connectivity index (χ1v) is 9.92. The summed E-state index contributed by atoms with van der Waals surface area (Å²) in [4.78, 5) is 19.0. The maximum absolute atomic E-state index is 12.8. The number of amides is 1. The SMILES string of the molecule is Cc1csc(SCC(=O)N(C)C(c2ccccc2)c2ccccc2)n1. The van der Waals surface area contributed by atoms with Crippen LogP contribution in [0.3, 0.4) is 0 Å². The molecule has 0 saturated carbocycles. The molecule has 0 N–H and O–H groups in total. The van der Waals surface area contributed by atoms with Gasteiger partial charge in [-0.25, -0.2) is 4.98 Å². The van der Waals surface area contributed by atoms with Gasteiger partial charge < -0.3 is 4.90 Å². The first-order valence-electron chi connectivity index (χ1n) is 8.05. The summed E-state index contributed by atoms with van der Waals surface area (Å²) in [5, 5.41) is 2.01. The lowest BCUT2D eigenvalue weighted by Gasteiger charge is -2.29. The van der Waals surface area contributed by atoms with E-state index in [1.165, 1.54) is 11.8 Å². The minimum Gasteiger partial charge on any atom is -0.334 e. The molecule has 0 unspecified atom stereocenters. The molecule has 3 rings (SSSR count). The predicted octanol–water partition coefficient (Wildman–Crippen LogP) is 4.79. The van der Waals surface area contributed by atoms with E-state index in [4.69, 9.17) is 0 Å². The number of thioether (sulfide) groups is 1. The summed E-state index contributed by atoms with van der Waals surface area (Å²) in [5.41, 5.74) is 3.22. The molecule has 0 fully saturated rings. The molecular weight excluding hydrogens is 348 g/mol. The van der Waals surface area contributed by atoms with Gasteiger partial charge in [-0.15, -0.1) is 11.3 Å². The molecule has 0 radical (unpaired) electrons. The van der Waals surface area contributed by atoms with Crippen molar-refractivity contribution < 1.29 is 4.79 Å². The molecule has 3 nitrogen and oxygen atoms in total. The van der Waals surface area contributed by atoms with Crippen LogP contribution in [0.2, 0.25) is 0 Å². The third-order valence-electron chi connectivity index (χ3n) is 3.93. The van der Waals surface area contributed by atoms with E-state index in [9.17, 15) is 4.79 Å². The summed E-state index contributed by atoms with van der Waals surface area (Å²) in [6.07, 6.45) is 0. The van der Waals surface area contributed by atoms with Crippen molar-refractivity contribution in [2.75, 3.05) is 12.8 Å². The van der Waals surface area contributed by atoms with Crippen molar-refractivity contribution in [3.63, 3.8) is 0 Å².